The molecule has 5 heteroatoms. The highest BCUT2D eigenvalue weighted by Gasteiger charge is 2.13. The molecule has 1 heterocycles. The summed E-state index contributed by atoms with van der Waals surface area (Å²) in [6.07, 6.45) is 0.386. The number of benzene rings is 1. The molecule has 0 saturated carbocycles. The van der Waals surface area contributed by atoms with Gasteiger partial charge in [0.25, 0.3) is 0 Å². The number of hydrogen-bond donors (Lipinski definition) is 1. The van der Waals surface area contributed by atoms with Crippen LogP contribution in [-0.4, -0.2) is 17.6 Å². The van der Waals surface area contributed by atoms with E-state index in [2.05, 4.69) is 0 Å². The first-order chi connectivity index (χ1) is 10.2. The van der Waals surface area contributed by atoms with Crippen molar-refractivity contribution in [3.05, 3.63) is 59.5 Å². The van der Waals surface area contributed by atoms with Gasteiger partial charge in [-0.2, -0.15) is 0 Å². The first kappa shape index (κ1) is 15.4. The van der Waals surface area contributed by atoms with E-state index in [1.54, 1.807) is 19.1 Å². The monoisotopic (exact) mass is 303 g/mol. The van der Waals surface area contributed by atoms with Gasteiger partial charge in [0.1, 0.15) is 5.76 Å². The van der Waals surface area contributed by atoms with Crippen LogP contribution < -0.4 is 0 Å². The van der Waals surface area contributed by atoms with Crippen LogP contribution in [0.5, 0.6) is 0 Å². The maximum Gasteiger partial charge on any atom is 0.374 e. The number of rotatable bonds is 6. The summed E-state index contributed by atoms with van der Waals surface area (Å²) in [7, 11) is 0. The summed E-state index contributed by atoms with van der Waals surface area (Å²) < 4.78 is 10.3. The van der Waals surface area contributed by atoms with Gasteiger partial charge in [0, 0.05) is 5.75 Å². The van der Waals surface area contributed by atoms with Crippen molar-refractivity contribution in [3.8, 4) is 0 Å². The molecule has 0 amide bonds. The Morgan fingerprint density at radius 1 is 1.24 bits per heavy atom. The van der Waals surface area contributed by atoms with Crippen LogP contribution in [0.4, 0.5) is 0 Å². The number of esters is 1. The van der Waals surface area contributed by atoms with Crippen molar-refractivity contribution < 1.29 is 13.9 Å². The molecule has 0 radical (unpaired) electrons. The normalized spacial score (nSPS) is 10.3. The van der Waals surface area contributed by atoms with Gasteiger partial charge in [0.05, 0.1) is 18.1 Å². The minimum atomic E-state index is -0.466. The number of hydrogen-bond acceptors (Lipinski definition) is 5. The smallest absolute Gasteiger partial charge is 0.374 e. The highest BCUT2D eigenvalue weighted by molar-refractivity contribution is 8.13. The van der Waals surface area contributed by atoms with Crippen molar-refractivity contribution in [2.24, 2.45) is 0 Å². The van der Waals surface area contributed by atoms with Gasteiger partial charge >= 0.3 is 5.97 Å². The molecule has 1 aromatic heterocycles. The molecule has 0 aliphatic heterocycles. The zero-order chi connectivity index (χ0) is 15.1. The lowest BCUT2D eigenvalue weighted by atomic mass is 10.2. The van der Waals surface area contributed by atoms with Gasteiger partial charge in [-0.15, -0.1) is 11.8 Å². The molecule has 4 nitrogen and oxygen atoms in total. The lowest BCUT2D eigenvalue weighted by Crippen LogP contribution is -2.03. The molecule has 21 heavy (non-hydrogen) atoms. The molecule has 0 bridgehead atoms. The molecule has 1 aromatic carbocycles. The van der Waals surface area contributed by atoms with E-state index in [9.17, 15) is 4.79 Å². The second-order valence-corrected chi connectivity index (χ2v) is 5.43. The minimum absolute atomic E-state index is 0.188. The molecule has 0 atom stereocenters. The van der Waals surface area contributed by atoms with E-state index in [1.807, 2.05) is 30.3 Å². The molecule has 2 aromatic rings. The van der Waals surface area contributed by atoms with Crippen molar-refractivity contribution in [1.82, 2.24) is 0 Å². The topological polar surface area (TPSA) is 63.3 Å². The summed E-state index contributed by atoms with van der Waals surface area (Å²) in [4.78, 5) is 11.5. The van der Waals surface area contributed by atoms with Crippen molar-refractivity contribution in [3.63, 3.8) is 0 Å². The third-order valence-electron chi connectivity index (χ3n) is 2.73. The minimum Gasteiger partial charge on any atom is -0.460 e. The van der Waals surface area contributed by atoms with E-state index >= 15 is 0 Å². The van der Waals surface area contributed by atoms with Crippen LogP contribution in [0.3, 0.4) is 0 Å². The summed E-state index contributed by atoms with van der Waals surface area (Å²) in [5, 5.41) is 8.46. The Balaban J connectivity index is 1.84. The van der Waals surface area contributed by atoms with E-state index in [0.717, 1.165) is 5.75 Å². The van der Waals surface area contributed by atoms with Crippen molar-refractivity contribution in [1.29, 1.82) is 5.41 Å². The largest absolute Gasteiger partial charge is 0.460 e. The predicted octanol–water partition coefficient (Wildman–Crippen LogP) is 3.91. The Kier molecular flexibility index (Phi) is 5.63. The molecule has 0 saturated heterocycles. The van der Waals surface area contributed by atoms with E-state index in [1.165, 1.54) is 17.3 Å². The van der Waals surface area contributed by atoms with Gasteiger partial charge in [-0.3, -0.25) is 5.41 Å². The Hall–Kier alpha value is -2.01. The maximum atomic E-state index is 11.5. The fourth-order valence-electron chi connectivity index (χ4n) is 1.74. The number of thioether (sulfide) groups is 1. The lowest BCUT2D eigenvalue weighted by Gasteiger charge is -2.02. The highest BCUT2D eigenvalue weighted by atomic mass is 32.2. The van der Waals surface area contributed by atoms with Gasteiger partial charge in [-0.1, -0.05) is 30.3 Å². The summed E-state index contributed by atoms with van der Waals surface area (Å²) in [6.45, 7) is 2.06. The Morgan fingerprint density at radius 3 is 2.71 bits per heavy atom. The third-order valence-corrected chi connectivity index (χ3v) is 3.70. The first-order valence-corrected chi connectivity index (χ1v) is 7.67. The van der Waals surface area contributed by atoms with Crippen LogP contribution in [0.2, 0.25) is 0 Å². The highest BCUT2D eigenvalue weighted by Crippen LogP contribution is 2.17. The Bertz CT molecular complexity index is 607. The summed E-state index contributed by atoms with van der Waals surface area (Å²) in [5.41, 5.74) is 1.18. The SMILES string of the molecule is CCOC(=O)c1ccc(CC(=N)SCc2ccccc2)o1. The Labute approximate surface area is 128 Å². The first-order valence-electron chi connectivity index (χ1n) is 6.69. The molecular formula is C16H17NO3S. The summed E-state index contributed by atoms with van der Waals surface area (Å²) in [6, 6.07) is 13.3. The van der Waals surface area contributed by atoms with E-state index in [4.69, 9.17) is 14.6 Å². The van der Waals surface area contributed by atoms with Crippen LogP contribution in [0, 0.1) is 5.41 Å². The molecule has 0 aliphatic rings. The van der Waals surface area contributed by atoms with Crippen LogP contribution in [0.15, 0.2) is 46.9 Å². The fourth-order valence-corrected chi connectivity index (χ4v) is 2.52. The zero-order valence-electron chi connectivity index (χ0n) is 11.8. The maximum absolute atomic E-state index is 11.5. The number of carbonyl (C=O) groups is 1. The molecule has 0 unspecified atom stereocenters. The lowest BCUT2D eigenvalue weighted by molar-refractivity contribution is 0.0488. The average Bonchev–Trinajstić information content (AvgIpc) is 2.95. The Morgan fingerprint density at radius 2 is 2.00 bits per heavy atom. The fraction of sp³-hybridized carbons (Fsp3) is 0.250. The summed E-state index contributed by atoms with van der Waals surface area (Å²) >= 11 is 1.46. The second-order valence-electron chi connectivity index (χ2n) is 4.36. The summed E-state index contributed by atoms with van der Waals surface area (Å²) in [5.74, 6) is 1.08. The second kappa shape index (κ2) is 7.69. The van der Waals surface area contributed by atoms with Gasteiger partial charge < -0.3 is 9.15 Å². The average molecular weight is 303 g/mol. The van der Waals surface area contributed by atoms with Crippen LogP contribution in [0.1, 0.15) is 28.8 Å². The van der Waals surface area contributed by atoms with Crippen LogP contribution >= 0.6 is 11.8 Å². The molecule has 0 aliphatic carbocycles. The van der Waals surface area contributed by atoms with Gasteiger partial charge in [-0.05, 0) is 24.6 Å². The van der Waals surface area contributed by atoms with E-state index in [0.29, 0.717) is 23.8 Å². The molecule has 110 valence electrons. The number of furan rings is 1. The predicted molar refractivity (Wildman–Crippen MR) is 83.8 cm³/mol. The molecule has 0 spiro atoms. The van der Waals surface area contributed by atoms with Crippen LogP contribution in [0.25, 0.3) is 0 Å². The van der Waals surface area contributed by atoms with Crippen molar-refractivity contribution in [2.75, 3.05) is 6.61 Å². The standard InChI is InChI=1S/C16H17NO3S/c1-2-19-16(18)14-9-8-13(20-14)10-15(17)21-11-12-6-4-3-5-7-12/h3-9,17H,2,10-11H2,1H3. The van der Waals surface area contributed by atoms with Crippen LogP contribution in [-0.2, 0) is 16.9 Å². The van der Waals surface area contributed by atoms with E-state index < -0.39 is 5.97 Å². The quantitative estimate of drug-likeness (QED) is 0.499. The van der Waals surface area contributed by atoms with Gasteiger partial charge in [0.15, 0.2) is 0 Å². The molecule has 1 N–H and O–H groups in total. The molecule has 0 fully saturated rings. The van der Waals surface area contributed by atoms with Crippen molar-refractivity contribution in [2.45, 2.75) is 19.1 Å². The third kappa shape index (κ3) is 4.79. The number of nitrogens with one attached hydrogen (secondary N) is 1. The van der Waals surface area contributed by atoms with E-state index in [-0.39, 0.29) is 5.76 Å². The molecular weight excluding hydrogens is 286 g/mol. The van der Waals surface area contributed by atoms with Gasteiger partial charge in [0.2, 0.25) is 5.76 Å². The zero-order valence-corrected chi connectivity index (χ0v) is 12.6. The number of carbonyl (C=O) groups excluding carboxylic acids is 1. The molecule has 2 rings (SSSR count). The number of ether oxygens (including phenoxy) is 1. The van der Waals surface area contributed by atoms with Crippen molar-refractivity contribution >= 4 is 22.8 Å². The van der Waals surface area contributed by atoms with Gasteiger partial charge in [-0.25, -0.2) is 4.79 Å².